The van der Waals surface area contributed by atoms with Gasteiger partial charge in [-0.25, -0.2) is 4.79 Å². The topological polar surface area (TPSA) is 66.8 Å². The number of amides is 1. The molecule has 0 aliphatic carbocycles. The van der Waals surface area contributed by atoms with Gasteiger partial charge in [0.15, 0.2) is 6.10 Å². The Labute approximate surface area is 118 Å². The van der Waals surface area contributed by atoms with E-state index in [4.69, 9.17) is 9.84 Å². The summed E-state index contributed by atoms with van der Waals surface area (Å²) in [5.41, 5.74) is 3.18. The number of benzene rings is 1. The van der Waals surface area contributed by atoms with Gasteiger partial charge in [-0.3, -0.25) is 4.79 Å². The predicted molar refractivity (Wildman–Crippen MR) is 73.6 cm³/mol. The van der Waals surface area contributed by atoms with Crippen molar-refractivity contribution in [3.63, 3.8) is 0 Å². The van der Waals surface area contributed by atoms with E-state index in [-0.39, 0.29) is 19.1 Å². The zero-order valence-corrected chi connectivity index (χ0v) is 11.8. The van der Waals surface area contributed by atoms with Crippen molar-refractivity contribution in [2.75, 3.05) is 19.7 Å². The van der Waals surface area contributed by atoms with E-state index in [1.165, 1.54) is 0 Å². The molecule has 1 atom stereocenters. The molecule has 2 rings (SSSR count). The molecule has 108 valence electrons. The van der Waals surface area contributed by atoms with Crippen molar-refractivity contribution >= 4 is 11.9 Å². The van der Waals surface area contributed by atoms with Crippen LogP contribution in [0.5, 0.6) is 0 Å². The molecule has 0 bridgehead atoms. The summed E-state index contributed by atoms with van der Waals surface area (Å²) in [6.45, 7) is 4.81. The SMILES string of the molecule is Cc1ccc(C)c(CC(=O)N2CCO[C@@H](C(=O)O)C2)c1. The maximum atomic E-state index is 12.3. The number of aryl methyl sites for hydroxylation is 2. The van der Waals surface area contributed by atoms with E-state index in [1.54, 1.807) is 4.90 Å². The molecule has 0 spiro atoms. The first kappa shape index (κ1) is 14.5. The van der Waals surface area contributed by atoms with Gasteiger partial charge in [-0.1, -0.05) is 23.8 Å². The van der Waals surface area contributed by atoms with Crippen LogP contribution in [0.15, 0.2) is 18.2 Å². The zero-order valence-electron chi connectivity index (χ0n) is 11.8. The Morgan fingerprint density at radius 3 is 2.85 bits per heavy atom. The molecule has 1 aromatic carbocycles. The molecule has 1 N–H and O–H groups in total. The summed E-state index contributed by atoms with van der Waals surface area (Å²) >= 11 is 0. The number of carbonyl (C=O) groups excluding carboxylic acids is 1. The van der Waals surface area contributed by atoms with E-state index in [1.807, 2.05) is 32.0 Å². The molecular weight excluding hydrogens is 258 g/mol. The van der Waals surface area contributed by atoms with E-state index in [9.17, 15) is 9.59 Å². The Bertz CT molecular complexity index is 527. The second kappa shape index (κ2) is 6.05. The van der Waals surface area contributed by atoms with Crippen LogP contribution in [0.2, 0.25) is 0 Å². The molecule has 1 fully saturated rings. The highest BCUT2D eigenvalue weighted by Gasteiger charge is 2.28. The molecule has 20 heavy (non-hydrogen) atoms. The molecule has 1 aromatic rings. The lowest BCUT2D eigenvalue weighted by atomic mass is 10.0. The summed E-state index contributed by atoms with van der Waals surface area (Å²) in [4.78, 5) is 24.8. The van der Waals surface area contributed by atoms with Gasteiger partial charge in [0.05, 0.1) is 19.6 Å². The van der Waals surface area contributed by atoms with E-state index in [0.29, 0.717) is 13.0 Å². The number of rotatable bonds is 3. The van der Waals surface area contributed by atoms with Crippen molar-refractivity contribution in [1.82, 2.24) is 4.90 Å². The van der Waals surface area contributed by atoms with Crippen molar-refractivity contribution in [3.05, 3.63) is 34.9 Å². The molecule has 0 aromatic heterocycles. The van der Waals surface area contributed by atoms with Crippen LogP contribution in [0.4, 0.5) is 0 Å². The van der Waals surface area contributed by atoms with Crippen molar-refractivity contribution < 1.29 is 19.4 Å². The largest absolute Gasteiger partial charge is 0.479 e. The molecule has 0 radical (unpaired) electrons. The number of ether oxygens (including phenoxy) is 1. The third kappa shape index (κ3) is 3.36. The number of carbonyl (C=O) groups is 2. The fraction of sp³-hybridized carbons (Fsp3) is 0.467. The molecule has 1 aliphatic heterocycles. The third-order valence-electron chi connectivity index (χ3n) is 3.54. The van der Waals surface area contributed by atoms with Gasteiger partial charge in [0, 0.05) is 6.54 Å². The van der Waals surface area contributed by atoms with Crippen LogP contribution < -0.4 is 0 Å². The van der Waals surface area contributed by atoms with E-state index in [2.05, 4.69) is 0 Å². The van der Waals surface area contributed by atoms with Crippen LogP contribution in [0, 0.1) is 13.8 Å². The molecule has 5 heteroatoms. The third-order valence-corrected chi connectivity index (χ3v) is 3.54. The standard InChI is InChI=1S/C15H19NO4/c1-10-3-4-11(2)12(7-10)8-14(17)16-5-6-20-13(9-16)15(18)19/h3-4,7,13H,5-6,8-9H2,1-2H3,(H,18,19)/t13-/m1/s1. The second-order valence-electron chi connectivity index (χ2n) is 5.14. The molecular formula is C15H19NO4. The quantitative estimate of drug-likeness (QED) is 0.900. The lowest BCUT2D eigenvalue weighted by Crippen LogP contribution is -2.49. The van der Waals surface area contributed by atoms with Gasteiger partial charge in [-0.2, -0.15) is 0 Å². The summed E-state index contributed by atoms with van der Waals surface area (Å²) in [7, 11) is 0. The van der Waals surface area contributed by atoms with E-state index < -0.39 is 12.1 Å². The summed E-state index contributed by atoms with van der Waals surface area (Å²) in [5.74, 6) is -1.07. The predicted octanol–water partition coefficient (Wildman–Crippen LogP) is 1.16. The smallest absolute Gasteiger partial charge is 0.334 e. The minimum atomic E-state index is -1.02. The first-order valence-electron chi connectivity index (χ1n) is 6.65. The first-order valence-corrected chi connectivity index (χ1v) is 6.65. The van der Waals surface area contributed by atoms with Crippen LogP contribution in [-0.4, -0.2) is 47.7 Å². The second-order valence-corrected chi connectivity index (χ2v) is 5.14. The summed E-state index contributed by atoms with van der Waals surface area (Å²) < 4.78 is 5.12. The number of carboxylic acid groups (broad SMARTS) is 1. The van der Waals surface area contributed by atoms with Crippen LogP contribution in [0.25, 0.3) is 0 Å². The molecule has 1 saturated heterocycles. The van der Waals surface area contributed by atoms with Crippen LogP contribution in [0.1, 0.15) is 16.7 Å². The molecule has 1 amide bonds. The number of aliphatic carboxylic acids is 1. The van der Waals surface area contributed by atoms with E-state index in [0.717, 1.165) is 16.7 Å². The molecule has 1 aliphatic rings. The van der Waals surface area contributed by atoms with Gasteiger partial charge < -0.3 is 14.7 Å². The Kier molecular flexibility index (Phi) is 4.39. The fourth-order valence-electron chi connectivity index (χ4n) is 2.29. The first-order chi connectivity index (χ1) is 9.47. The number of hydrogen-bond acceptors (Lipinski definition) is 3. The summed E-state index contributed by atoms with van der Waals surface area (Å²) in [6.07, 6.45) is -0.605. The highest BCUT2D eigenvalue weighted by atomic mass is 16.5. The van der Waals surface area contributed by atoms with Gasteiger partial charge in [0.25, 0.3) is 0 Å². The summed E-state index contributed by atoms with van der Waals surface area (Å²) in [6, 6.07) is 6.01. The number of morpholine rings is 1. The van der Waals surface area contributed by atoms with Crippen LogP contribution in [-0.2, 0) is 20.7 Å². The monoisotopic (exact) mass is 277 g/mol. The molecule has 5 nitrogen and oxygen atoms in total. The minimum absolute atomic E-state index is 0.0479. The average Bonchev–Trinajstić information content (AvgIpc) is 2.43. The van der Waals surface area contributed by atoms with Crippen molar-refractivity contribution in [2.45, 2.75) is 26.4 Å². The Morgan fingerprint density at radius 1 is 1.40 bits per heavy atom. The molecule has 0 saturated carbocycles. The van der Waals surface area contributed by atoms with Crippen molar-refractivity contribution in [1.29, 1.82) is 0 Å². The normalized spacial score (nSPS) is 18.9. The number of hydrogen-bond donors (Lipinski definition) is 1. The molecule has 0 unspecified atom stereocenters. The maximum Gasteiger partial charge on any atom is 0.334 e. The highest BCUT2D eigenvalue weighted by Crippen LogP contribution is 2.14. The average molecular weight is 277 g/mol. The molecule has 1 heterocycles. The number of nitrogens with zero attached hydrogens (tertiary/aromatic N) is 1. The van der Waals surface area contributed by atoms with Gasteiger partial charge >= 0.3 is 5.97 Å². The Balaban J connectivity index is 2.04. The van der Waals surface area contributed by atoms with Gasteiger partial charge in [0.1, 0.15) is 0 Å². The Morgan fingerprint density at radius 2 is 2.15 bits per heavy atom. The maximum absolute atomic E-state index is 12.3. The van der Waals surface area contributed by atoms with Crippen LogP contribution in [0.3, 0.4) is 0 Å². The Hall–Kier alpha value is -1.88. The summed E-state index contributed by atoms with van der Waals surface area (Å²) in [5, 5.41) is 8.95. The van der Waals surface area contributed by atoms with E-state index >= 15 is 0 Å². The zero-order chi connectivity index (χ0) is 14.7. The van der Waals surface area contributed by atoms with Gasteiger partial charge in [-0.15, -0.1) is 0 Å². The van der Waals surface area contributed by atoms with Crippen molar-refractivity contribution in [3.8, 4) is 0 Å². The minimum Gasteiger partial charge on any atom is -0.479 e. The number of carboxylic acids is 1. The fourth-order valence-corrected chi connectivity index (χ4v) is 2.29. The lowest BCUT2D eigenvalue weighted by molar-refractivity contribution is -0.159. The lowest BCUT2D eigenvalue weighted by Gasteiger charge is -2.31. The van der Waals surface area contributed by atoms with Crippen molar-refractivity contribution in [2.24, 2.45) is 0 Å². The van der Waals surface area contributed by atoms with Gasteiger partial charge in [-0.05, 0) is 25.0 Å². The van der Waals surface area contributed by atoms with Crippen LogP contribution >= 0.6 is 0 Å². The van der Waals surface area contributed by atoms with Gasteiger partial charge in [0.2, 0.25) is 5.91 Å². The highest BCUT2D eigenvalue weighted by molar-refractivity contribution is 5.81.